The zero-order valence-electron chi connectivity index (χ0n) is 4.94. The van der Waals surface area contributed by atoms with E-state index in [4.69, 9.17) is 11.1 Å². The molecule has 0 unspecified atom stereocenters. The zero-order valence-corrected chi connectivity index (χ0v) is 4.94. The van der Waals surface area contributed by atoms with Gasteiger partial charge in [-0.25, -0.2) is 0 Å². The van der Waals surface area contributed by atoms with E-state index in [9.17, 15) is 0 Å². The Labute approximate surface area is 49.2 Å². The minimum absolute atomic E-state index is 0.382. The van der Waals surface area contributed by atoms with Crippen LogP contribution in [-0.2, 0) is 0 Å². The maximum Gasteiger partial charge on any atom is 0.0577 e. The van der Waals surface area contributed by atoms with E-state index < -0.39 is 0 Å². The lowest BCUT2D eigenvalue weighted by atomic mass is 10.2. The van der Waals surface area contributed by atoms with E-state index in [0.717, 1.165) is 5.57 Å². The predicted octanol–water partition coefficient (Wildman–Crippen LogP) is 1.05. The molecule has 0 fully saturated rings. The summed E-state index contributed by atoms with van der Waals surface area (Å²) in [5.41, 5.74) is 6.12. The molecular formula is C6H10N2. The molecular weight excluding hydrogens is 100 g/mol. The monoisotopic (exact) mass is 110 g/mol. The van der Waals surface area contributed by atoms with Crippen LogP contribution in [-0.4, -0.2) is 5.71 Å². The van der Waals surface area contributed by atoms with Gasteiger partial charge >= 0.3 is 0 Å². The fraction of sp³-hybridized carbons (Fsp3) is 0.167. The molecule has 0 saturated heterocycles. The average molecular weight is 110 g/mol. The van der Waals surface area contributed by atoms with E-state index in [0.29, 0.717) is 5.71 Å². The van der Waals surface area contributed by atoms with E-state index in [1.165, 1.54) is 12.3 Å². The van der Waals surface area contributed by atoms with Gasteiger partial charge in [0.05, 0.1) is 5.71 Å². The van der Waals surface area contributed by atoms with Crippen LogP contribution in [0.1, 0.15) is 6.92 Å². The van der Waals surface area contributed by atoms with Crippen molar-refractivity contribution in [2.45, 2.75) is 6.92 Å². The van der Waals surface area contributed by atoms with Gasteiger partial charge < -0.3 is 11.1 Å². The Bertz CT molecular complexity index is 133. The number of rotatable bonds is 2. The molecule has 2 nitrogen and oxygen atoms in total. The number of hydrogen-bond acceptors (Lipinski definition) is 2. The number of nitrogens with one attached hydrogen (secondary N) is 1. The lowest BCUT2D eigenvalue weighted by Crippen LogP contribution is -1.92. The van der Waals surface area contributed by atoms with E-state index in [1.807, 2.05) is 0 Å². The van der Waals surface area contributed by atoms with Crippen molar-refractivity contribution in [2.24, 2.45) is 5.73 Å². The fourth-order valence-corrected chi connectivity index (χ4v) is 0.238. The van der Waals surface area contributed by atoms with E-state index in [-0.39, 0.29) is 0 Å². The molecule has 0 heterocycles. The molecule has 0 aliphatic heterocycles. The van der Waals surface area contributed by atoms with Crippen LogP contribution in [0.5, 0.6) is 0 Å². The van der Waals surface area contributed by atoms with Crippen LogP contribution in [0.25, 0.3) is 0 Å². The first-order valence-corrected chi connectivity index (χ1v) is 2.31. The molecule has 0 saturated carbocycles. The van der Waals surface area contributed by atoms with Crippen molar-refractivity contribution in [3.63, 3.8) is 0 Å². The van der Waals surface area contributed by atoms with Crippen molar-refractivity contribution < 1.29 is 0 Å². The lowest BCUT2D eigenvalue weighted by Gasteiger charge is -1.89. The molecule has 0 aromatic rings. The normalized spacial score (nSPS) is 9.62. The van der Waals surface area contributed by atoms with Crippen molar-refractivity contribution >= 4 is 5.71 Å². The summed E-state index contributed by atoms with van der Waals surface area (Å²) >= 11 is 0. The highest BCUT2D eigenvalue weighted by atomic mass is 14.5. The minimum atomic E-state index is 0.382. The van der Waals surface area contributed by atoms with Gasteiger partial charge in [-0.05, 0) is 24.8 Å². The zero-order chi connectivity index (χ0) is 6.57. The van der Waals surface area contributed by atoms with Gasteiger partial charge in [-0.1, -0.05) is 6.58 Å². The van der Waals surface area contributed by atoms with Crippen LogP contribution in [0.4, 0.5) is 0 Å². The largest absolute Gasteiger partial charge is 0.405 e. The molecule has 3 N–H and O–H groups in total. The fourth-order valence-electron chi connectivity index (χ4n) is 0.238. The van der Waals surface area contributed by atoms with Gasteiger partial charge in [-0.2, -0.15) is 0 Å². The van der Waals surface area contributed by atoms with Gasteiger partial charge in [0.1, 0.15) is 0 Å². The smallest absolute Gasteiger partial charge is 0.0577 e. The summed E-state index contributed by atoms with van der Waals surface area (Å²) in [6.07, 6.45) is 2.83. The average Bonchev–Trinajstić information content (AvgIpc) is 1.67. The van der Waals surface area contributed by atoms with Crippen molar-refractivity contribution in [1.82, 2.24) is 0 Å². The van der Waals surface area contributed by atoms with Crippen LogP contribution in [0.15, 0.2) is 24.4 Å². The molecule has 0 aliphatic carbocycles. The molecule has 0 amide bonds. The molecule has 0 radical (unpaired) electrons. The maximum absolute atomic E-state index is 7.08. The van der Waals surface area contributed by atoms with Crippen molar-refractivity contribution in [2.75, 3.05) is 0 Å². The molecule has 8 heavy (non-hydrogen) atoms. The van der Waals surface area contributed by atoms with Crippen LogP contribution in [0, 0.1) is 5.41 Å². The maximum atomic E-state index is 7.08. The van der Waals surface area contributed by atoms with E-state index in [1.54, 1.807) is 6.92 Å². The number of hydrogen-bond donors (Lipinski definition) is 2. The Morgan fingerprint density at radius 1 is 1.75 bits per heavy atom. The summed E-state index contributed by atoms with van der Waals surface area (Å²) < 4.78 is 0. The summed E-state index contributed by atoms with van der Waals surface area (Å²) in [6, 6.07) is 0. The van der Waals surface area contributed by atoms with Gasteiger partial charge in [-0.3, -0.25) is 0 Å². The highest BCUT2D eigenvalue weighted by Gasteiger charge is 1.86. The Kier molecular flexibility index (Phi) is 2.62. The van der Waals surface area contributed by atoms with Crippen LogP contribution < -0.4 is 5.73 Å². The molecule has 0 aromatic carbocycles. The van der Waals surface area contributed by atoms with Crippen LogP contribution in [0.2, 0.25) is 0 Å². The lowest BCUT2D eigenvalue weighted by molar-refractivity contribution is 1.46. The van der Waals surface area contributed by atoms with Gasteiger partial charge in [-0.15, -0.1) is 0 Å². The molecule has 0 rings (SSSR count). The summed E-state index contributed by atoms with van der Waals surface area (Å²) in [5, 5.41) is 7.08. The second kappa shape index (κ2) is 3.02. The quantitative estimate of drug-likeness (QED) is 0.513. The van der Waals surface area contributed by atoms with Crippen LogP contribution >= 0.6 is 0 Å². The minimum Gasteiger partial charge on any atom is -0.405 e. The van der Waals surface area contributed by atoms with Gasteiger partial charge in [0.25, 0.3) is 0 Å². The summed E-state index contributed by atoms with van der Waals surface area (Å²) in [6.45, 7) is 5.31. The topological polar surface area (TPSA) is 49.9 Å². The van der Waals surface area contributed by atoms with Crippen molar-refractivity contribution in [1.29, 1.82) is 5.41 Å². The second-order valence-corrected chi connectivity index (χ2v) is 1.55. The number of allylic oxidation sites excluding steroid dienone is 2. The molecule has 0 bridgehead atoms. The van der Waals surface area contributed by atoms with Crippen molar-refractivity contribution in [3.8, 4) is 0 Å². The Morgan fingerprint density at radius 3 is 2.38 bits per heavy atom. The van der Waals surface area contributed by atoms with Crippen molar-refractivity contribution in [3.05, 3.63) is 24.4 Å². The molecule has 0 spiro atoms. The Balaban J connectivity index is 3.85. The standard InChI is InChI=1S/C6H10N2/c1-5(2)6(8)3-4-7/h3-4,8H,1,7H2,2H3/b4-3-,8-6?. The van der Waals surface area contributed by atoms with E-state index >= 15 is 0 Å². The Morgan fingerprint density at radius 2 is 2.25 bits per heavy atom. The predicted molar refractivity (Wildman–Crippen MR) is 35.9 cm³/mol. The number of nitrogens with two attached hydrogens (primary N) is 1. The molecule has 44 valence electrons. The van der Waals surface area contributed by atoms with E-state index in [2.05, 4.69) is 6.58 Å². The highest BCUT2D eigenvalue weighted by molar-refractivity contribution is 6.05. The molecule has 0 aromatic heterocycles. The molecule has 0 atom stereocenters. The highest BCUT2D eigenvalue weighted by Crippen LogP contribution is 1.89. The third-order valence-electron chi connectivity index (χ3n) is 0.723. The molecule has 0 aliphatic rings. The first kappa shape index (κ1) is 6.95. The SMILES string of the molecule is C=C(C)C(=N)/C=C\N. The second-order valence-electron chi connectivity index (χ2n) is 1.55. The summed E-state index contributed by atoms with van der Waals surface area (Å²) in [7, 11) is 0. The third-order valence-corrected chi connectivity index (χ3v) is 0.723. The first-order chi connectivity index (χ1) is 3.68. The molecule has 2 heteroatoms. The first-order valence-electron chi connectivity index (χ1n) is 2.31. The van der Waals surface area contributed by atoms with Gasteiger partial charge in [0.15, 0.2) is 0 Å². The third kappa shape index (κ3) is 2.18. The van der Waals surface area contributed by atoms with Crippen LogP contribution in [0.3, 0.4) is 0 Å². The van der Waals surface area contributed by atoms with Gasteiger partial charge in [0.2, 0.25) is 0 Å². The summed E-state index contributed by atoms with van der Waals surface area (Å²) in [5.74, 6) is 0. The summed E-state index contributed by atoms with van der Waals surface area (Å²) in [4.78, 5) is 0. The Hall–Kier alpha value is -1.05. The van der Waals surface area contributed by atoms with Gasteiger partial charge in [0, 0.05) is 0 Å².